The van der Waals surface area contributed by atoms with Crippen molar-refractivity contribution < 1.29 is 14.3 Å². The van der Waals surface area contributed by atoms with Crippen LogP contribution in [0.25, 0.3) is 0 Å². The van der Waals surface area contributed by atoms with Crippen LogP contribution in [0.1, 0.15) is 11.1 Å². The lowest BCUT2D eigenvalue weighted by Crippen LogP contribution is -2.19. The molecule has 2 aromatic rings. The van der Waals surface area contributed by atoms with Gasteiger partial charge in [0, 0.05) is 5.56 Å². The van der Waals surface area contributed by atoms with Gasteiger partial charge in [-0.1, -0.05) is 23.7 Å². The van der Waals surface area contributed by atoms with Crippen molar-refractivity contribution in [2.75, 3.05) is 0 Å². The van der Waals surface area contributed by atoms with Gasteiger partial charge < -0.3 is 5.11 Å². The van der Waals surface area contributed by atoms with Gasteiger partial charge in [0.25, 0.3) is 0 Å². The Labute approximate surface area is 125 Å². The fraction of sp³-hybridized carbons (Fsp3) is 0.0667. The van der Waals surface area contributed by atoms with Crippen molar-refractivity contribution in [2.24, 2.45) is 5.10 Å². The lowest BCUT2D eigenvalue weighted by Gasteiger charge is -2.01. The second-order valence-corrected chi connectivity index (χ2v) is 4.71. The van der Waals surface area contributed by atoms with E-state index in [0.29, 0.717) is 11.1 Å². The fourth-order valence-electron chi connectivity index (χ4n) is 1.67. The van der Waals surface area contributed by atoms with Gasteiger partial charge in [-0.2, -0.15) is 5.10 Å². The summed E-state index contributed by atoms with van der Waals surface area (Å²) < 4.78 is 12.9. The van der Waals surface area contributed by atoms with Gasteiger partial charge in [0.1, 0.15) is 11.6 Å². The predicted molar refractivity (Wildman–Crippen MR) is 79.0 cm³/mol. The summed E-state index contributed by atoms with van der Waals surface area (Å²) in [6, 6.07) is 10.3. The second-order valence-electron chi connectivity index (χ2n) is 4.31. The number of nitrogens with zero attached hydrogens (tertiary/aromatic N) is 1. The van der Waals surface area contributed by atoms with Crippen LogP contribution < -0.4 is 5.43 Å². The first-order valence-electron chi connectivity index (χ1n) is 6.09. The molecule has 0 heterocycles. The summed E-state index contributed by atoms with van der Waals surface area (Å²) in [6.07, 6.45) is 1.42. The number of carbonyl (C=O) groups is 1. The number of benzene rings is 2. The molecule has 0 bridgehead atoms. The molecule has 2 N–H and O–H groups in total. The number of hydrogen-bond donors (Lipinski definition) is 2. The zero-order valence-corrected chi connectivity index (χ0v) is 11.6. The van der Waals surface area contributed by atoms with E-state index in [9.17, 15) is 14.3 Å². The van der Waals surface area contributed by atoms with Crippen molar-refractivity contribution in [3.8, 4) is 5.75 Å². The Kier molecular flexibility index (Phi) is 4.90. The van der Waals surface area contributed by atoms with Crippen molar-refractivity contribution in [2.45, 2.75) is 6.42 Å². The maximum Gasteiger partial charge on any atom is 0.244 e. The van der Waals surface area contributed by atoms with Crippen molar-refractivity contribution >= 4 is 23.7 Å². The Balaban J connectivity index is 1.93. The van der Waals surface area contributed by atoms with Gasteiger partial charge in [-0.15, -0.1) is 0 Å². The van der Waals surface area contributed by atoms with Crippen LogP contribution in [0.2, 0.25) is 5.02 Å². The van der Waals surface area contributed by atoms with Crippen LogP contribution in [0.5, 0.6) is 5.75 Å². The lowest BCUT2D eigenvalue weighted by atomic mass is 10.1. The maximum absolute atomic E-state index is 12.9. The van der Waals surface area contributed by atoms with Crippen LogP contribution in [0.15, 0.2) is 47.6 Å². The van der Waals surface area contributed by atoms with Crippen LogP contribution in [-0.4, -0.2) is 17.2 Å². The van der Waals surface area contributed by atoms with E-state index in [1.807, 2.05) is 0 Å². The largest absolute Gasteiger partial charge is 0.508 e. The Hall–Kier alpha value is -2.40. The lowest BCUT2D eigenvalue weighted by molar-refractivity contribution is -0.120. The van der Waals surface area contributed by atoms with Crippen LogP contribution in [0.3, 0.4) is 0 Å². The molecule has 0 radical (unpaired) electrons. The van der Waals surface area contributed by atoms with E-state index in [-0.39, 0.29) is 23.1 Å². The van der Waals surface area contributed by atoms with E-state index < -0.39 is 5.82 Å². The van der Waals surface area contributed by atoms with Gasteiger partial charge in [-0.25, -0.2) is 9.82 Å². The summed E-state index contributed by atoms with van der Waals surface area (Å²) >= 11 is 5.82. The molecular formula is C15H12ClFN2O2. The minimum Gasteiger partial charge on any atom is -0.508 e. The van der Waals surface area contributed by atoms with E-state index in [0.717, 1.165) is 6.07 Å². The highest BCUT2D eigenvalue weighted by Crippen LogP contribution is 2.15. The number of halogens is 2. The van der Waals surface area contributed by atoms with Gasteiger partial charge in [0.15, 0.2) is 0 Å². The molecule has 0 saturated heterocycles. The smallest absolute Gasteiger partial charge is 0.244 e. The molecule has 0 aromatic heterocycles. The summed E-state index contributed by atoms with van der Waals surface area (Å²) in [5, 5.41) is 13.3. The van der Waals surface area contributed by atoms with Crippen molar-refractivity contribution in [1.29, 1.82) is 0 Å². The summed E-state index contributed by atoms with van der Waals surface area (Å²) in [5.41, 5.74) is 3.50. The Bertz CT molecular complexity index is 689. The van der Waals surface area contributed by atoms with E-state index in [1.54, 1.807) is 12.1 Å². The normalized spacial score (nSPS) is 10.8. The summed E-state index contributed by atoms with van der Waals surface area (Å²) in [6.45, 7) is 0. The molecule has 6 heteroatoms. The molecule has 0 aliphatic rings. The van der Waals surface area contributed by atoms with Crippen molar-refractivity contribution in [3.05, 3.63) is 64.4 Å². The monoisotopic (exact) mass is 306 g/mol. The highest BCUT2D eigenvalue weighted by Gasteiger charge is 2.03. The highest BCUT2D eigenvalue weighted by atomic mass is 35.5. The molecule has 4 nitrogen and oxygen atoms in total. The SMILES string of the molecule is O=C(Cc1cccc(O)c1)NN=Cc1ccc(F)cc1Cl. The molecule has 0 fully saturated rings. The number of phenolic OH excluding ortho intramolecular Hbond substituents is 1. The quantitative estimate of drug-likeness (QED) is 0.674. The number of rotatable bonds is 4. The number of phenols is 1. The first-order valence-corrected chi connectivity index (χ1v) is 6.47. The third-order valence-electron chi connectivity index (χ3n) is 2.63. The average Bonchev–Trinajstić information content (AvgIpc) is 2.41. The van der Waals surface area contributed by atoms with Crippen LogP contribution in [-0.2, 0) is 11.2 Å². The topological polar surface area (TPSA) is 61.7 Å². The van der Waals surface area contributed by atoms with Crippen LogP contribution >= 0.6 is 11.6 Å². The molecule has 2 rings (SSSR count). The Morgan fingerprint density at radius 1 is 1.33 bits per heavy atom. The highest BCUT2D eigenvalue weighted by molar-refractivity contribution is 6.33. The maximum atomic E-state index is 12.9. The molecular weight excluding hydrogens is 295 g/mol. The average molecular weight is 307 g/mol. The standard InChI is InChI=1S/C15H12ClFN2O2/c16-14-8-12(17)5-4-11(14)9-18-19-15(21)7-10-2-1-3-13(20)6-10/h1-6,8-9,20H,7H2,(H,19,21). The van der Waals surface area contributed by atoms with E-state index >= 15 is 0 Å². The molecule has 1 amide bonds. The third-order valence-corrected chi connectivity index (χ3v) is 2.96. The molecule has 0 atom stereocenters. The van der Waals surface area contributed by atoms with E-state index in [4.69, 9.17) is 11.6 Å². The number of carbonyl (C=O) groups excluding carboxylic acids is 1. The number of amides is 1. The molecule has 0 aliphatic heterocycles. The summed E-state index contributed by atoms with van der Waals surface area (Å²) in [4.78, 5) is 11.7. The minimum atomic E-state index is -0.440. The first kappa shape index (κ1) is 15.0. The minimum absolute atomic E-state index is 0.0862. The molecule has 0 spiro atoms. The first-order chi connectivity index (χ1) is 10.0. The van der Waals surface area contributed by atoms with Crippen LogP contribution in [0.4, 0.5) is 4.39 Å². The van der Waals surface area contributed by atoms with Gasteiger partial charge in [0.2, 0.25) is 5.91 Å². The van der Waals surface area contributed by atoms with Gasteiger partial charge in [0.05, 0.1) is 17.7 Å². The molecule has 0 unspecified atom stereocenters. The molecule has 21 heavy (non-hydrogen) atoms. The molecule has 2 aromatic carbocycles. The van der Waals surface area contributed by atoms with Gasteiger partial charge >= 0.3 is 0 Å². The summed E-state index contributed by atoms with van der Waals surface area (Å²) in [5.74, 6) is -0.679. The zero-order chi connectivity index (χ0) is 15.2. The van der Waals surface area contributed by atoms with Crippen molar-refractivity contribution in [3.63, 3.8) is 0 Å². The van der Waals surface area contributed by atoms with Gasteiger partial charge in [-0.05, 0) is 35.9 Å². The zero-order valence-electron chi connectivity index (χ0n) is 10.9. The predicted octanol–water partition coefficient (Wildman–Crippen LogP) is 2.88. The third kappa shape index (κ3) is 4.57. The van der Waals surface area contributed by atoms with Crippen molar-refractivity contribution in [1.82, 2.24) is 5.43 Å². The second kappa shape index (κ2) is 6.85. The number of hydrazone groups is 1. The molecule has 0 saturated carbocycles. The van der Waals surface area contributed by atoms with Gasteiger partial charge in [-0.3, -0.25) is 4.79 Å². The number of hydrogen-bond acceptors (Lipinski definition) is 3. The fourth-order valence-corrected chi connectivity index (χ4v) is 1.89. The number of aromatic hydroxyl groups is 1. The molecule has 108 valence electrons. The summed E-state index contributed by atoms with van der Waals surface area (Å²) in [7, 11) is 0. The Morgan fingerprint density at radius 2 is 2.14 bits per heavy atom. The van der Waals surface area contributed by atoms with E-state index in [2.05, 4.69) is 10.5 Å². The molecule has 0 aliphatic carbocycles. The van der Waals surface area contributed by atoms with E-state index in [1.165, 1.54) is 30.5 Å². The Morgan fingerprint density at radius 3 is 2.86 bits per heavy atom. The van der Waals surface area contributed by atoms with Crippen LogP contribution in [0, 0.1) is 5.82 Å². The number of nitrogens with one attached hydrogen (secondary N) is 1.